The first-order valence-electron chi connectivity index (χ1n) is 6.17. The maximum atomic E-state index is 11.5. The standard InChI is InChI=1S/C14H20N2O3/c1-14(2,3)19-13(18)15-9-8-11-6-4-5-7-12(11)16-10-17/h4-7,10H,8-9H2,1-3H3,(H,15,18)(H,16,17). The first kappa shape index (κ1) is 15.0. The summed E-state index contributed by atoms with van der Waals surface area (Å²) in [4.78, 5) is 21.9. The molecule has 1 aromatic carbocycles. The van der Waals surface area contributed by atoms with Gasteiger partial charge in [0.05, 0.1) is 0 Å². The fraction of sp³-hybridized carbons (Fsp3) is 0.429. The number of rotatable bonds is 5. The monoisotopic (exact) mass is 264 g/mol. The molecular weight excluding hydrogens is 244 g/mol. The summed E-state index contributed by atoms with van der Waals surface area (Å²) in [6.07, 6.45) is 0.824. The Morgan fingerprint density at radius 2 is 2.00 bits per heavy atom. The number of alkyl carbamates (subject to hydrolysis) is 1. The van der Waals surface area contributed by atoms with Crippen molar-refractivity contribution >= 4 is 18.2 Å². The van der Waals surface area contributed by atoms with Crippen molar-refractivity contribution in [1.29, 1.82) is 0 Å². The molecule has 0 fully saturated rings. The Morgan fingerprint density at radius 3 is 2.63 bits per heavy atom. The molecule has 0 heterocycles. The average molecular weight is 264 g/mol. The Kier molecular flexibility index (Phi) is 5.36. The van der Waals surface area contributed by atoms with E-state index >= 15 is 0 Å². The molecule has 1 aromatic rings. The van der Waals surface area contributed by atoms with Crippen LogP contribution in [0, 0.1) is 0 Å². The van der Waals surface area contributed by atoms with Crippen molar-refractivity contribution in [3.05, 3.63) is 29.8 Å². The zero-order valence-corrected chi connectivity index (χ0v) is 11.5. The summed E-state index contributed by atoms with van der Waals surface area (Å²) >= 11 is 0. The first-order valence-corrected chi connectivity index (χ1v) is 6.17. The van der Waals surface area contributed by atoms with Gasteiger partial charge in [0, 0.05) is 12.2 Å². The molecule has 0 saturated carbocycles. The van der Waals surface area contributed by atoms with Gasteiger partial charge in [0.2, 0.25) is 6.41 Å². The number of amides is 2. The number of ether oxygens (including phenoxy) is 1. The second-order valence-corrected chi connectivity index (χ2v) is 5.10. The molecule has 104 valence electrons. The first-order chi connectivity index (χ1) is 8.92. The average Bonchev–Trinajstić information content (AvgIpc) is 2.29. The SMILES string of the molecule is CC(C)(C)OC(=O)NCCc1ccccc1NC=O. The highest BCUT2D eigenvalue weighted by Gasteiger charge is 2.15. The molecule has 1 rings (SSSR count). The van der Waals surface area contributed by atoms with Gasteiger partial charge in [-0.25, -0.2) is 4.79 Å². The van der Waals surface area contributed by atoms with Gasteiger partial charge in [0.1, 0.15) is 5.60 Å². The van der Waals surface area contributed by atoms with E-state index in [9.17, 15) is 9.59 Å². The summed E-state index contributed by atoms with van der Waals surface area (Å²) in [5.41, 5.74) is 1.22. The molecule has 0 aliphatic rings. The van der Waals surface area contributed by atoms with Gasteiger partial charge in [-0.2, -0.15) is 0 Å². The van der Waals surface area contributed by atoms with Gasteiger partial charge >= 0.3 is 6.09 Å². The minimum absolute atomic E-state index is 0.437. The number of carbonyl (C=O) groups excluding carboxylic acids is 2. The molecule has 0 atom stereocenters. The van der Waals surface area contributed by atoms with Crippen LogP contribution < -0.4 is 10.6 Å². The molecule has 0 aromatic heterocycles. The van der Waals surface area contributed by atoms with Crippen molar-refractivity contribution in [2.24, 2.45) is 0 Å². The Hall–Kier alpha value is -2.04. The highest BCUT2D eigenvalue weighted by atomic mass is 16.6. The van der Waals surface area contributed by atoms with Gasteiger partial charge in [0.25, 0.3) is 0 Å². The summed E-state index contributed by atoms with van der Waals surface area (Å²) in [5.74, 6) is 0. The third-order valence-corrected chi connectivity index (χ3v) is 2.29. The number of para-hydroxylation sites is 1. The van der Waals surface area contributed by atoms with E-state index in [1.807, 2.05) is 45.0 Å². The van der Waals surface area contributed by atoms with E-state index in [-0.39, 0.29) is 0 Å². The lowest BCUT2D eigenvalue weighted by molar-refractivity contribution is -0.105. The van der Waals surface area contributed by atoms with Gasteiger partial charge in [-0.1, -0.05) is 18.2 Å². The molecule has 19 heavy (non-hydrogen) atoms. The predicted octanol–water partition coefficient (Wildman–Crippen LogP) is 2.32. The predicted molar refractivity (Wildman–Crippen MR) is 74.1 cm³/mol. The van der Waals surface area contributed by atoms with E-state index in [0.717, 1.165) is 11.3 Å². The molecule has 0 unspecified atom stereocenters. The summed E-state index contributed by atoms with van der Waals surface area (Å²) in [7, 11) is 0. The lowest BCUT2D eigenvalue weighted by atomic mass is 10.1. The van der Waals surface area contributed by atoms with E-state index in [4.69, 9.17) is 4.74 Å². The minimum Gasteiger partial charge on any atom is -0.444 e. The molecule has 0 saturated heterocycles. The Labute approximate surface area is 113 Å². The van der Waals surface area contributed by atoms with Crippen LogP contribution in [0.15, 0.2) is 24.3 Å². The Bertz CT molecular complexity index is 439. The minimum atomic E-state index is -0.499. The number of carbonyl (C=O) groups is 2. The van der Waals surface area contributed by atoms with Gasteiger partial charge in [-0.3, -0.25) is 4.79 Å². The van der Waals surface area contributed by atoms with Crippen LogP contribution >= 0.6 is 0 Å². The van der Waals surface area contributed by atoms with E-state index in [1.54, 1.807) is 0 Å². The molecule has 2 amide bonds. The van der Waals surface area contributed by atoms with Gasteiger partial charge < -0.3 is 15.4 Å². The molecule has 0 bridgehead atoms. The maximum absolute atomic E-state index is 11.5. The molecule has 0 aliphatic carbocycles. The number of benzene rings is 1. The smallest absolute Gasteiger partial charge is 0.407 e. The highest BCUT2D eigenvalue weighted by molar-refractivity contribution is 5.73. The number of nitrogens with one attached hydrogen (secondary N) is 2. The topological polar surface area (TPSA) is 67.4 Å². The van der Waals surface area contributed by atoms with Crippen LogP contribution in [0.5, 0.6) is 0 Å². The summed E-state index contributed by atoms with van der Waals surface area (Å²) < 4.78 is 5.13. The van der Waals surface area contributed by atoms with Crippen molar-refractivity contribution in [2.75, 3.05) is 11.9 Å². The molecular formula is C14H20N2O3. The fourth-order valence-electron chi connectivity index (χ4n) is 1.56. The number of hydrogen-bond donors (Lipinski definition) is 2. The van der Waals surface area contributed by atoms with Crippen LogP contribution in [0.3, 0.4) is 0 Å². The largest absolute Gasteiger partial charge is 0.444 e. The van der Waals surface area contributed by atoms with Crippen LogP contribution in [-0.2, 0) is 16.0 Å². The summed E-state index contributed by atoms with van der Waals surface area (Å²) in [6.45, 7) is 5.90. The molecule has 5 heteroatoms. The summed E-state index contributed by atoms with van der Waals surface area (Å²) in [6, 6.07) is 7.45. The third kappa shape index (κ3) is 5.90. The highest BCUT2D eigenvalue weighted by Crippen LogP contribution is 2.14. The van der Waals surface area contributed by atoms with Crippen LogP contribution in [0.2, 0.25) is 0 Å². The Morgan fingerprint density at radius 1 is 1.32 bits per heavy atom. The number of anilines is 1. The molecule has 0 radical (unpaired) electrons. The van der Waals surface area contributed by atoms with Gasteiger partial charge in [-0.05, 0) is 38.8 Å². The molecule has 2 N–H and O–H groups in total. The second-order valence-electron chi connectivity index (χ2n) is 5.10. The third-order valence-electron chi connectivity index (χ3n) is 2.29. The van der Waals surface area contributed by atoms with E-state index < -0.39 is 11.7 Å². The quantitative estimate of drug-likeness (QED) is 0.802. The molecule has 0 spiro atoms. The van der Waals surface area contributed by atoms with Gasteiger partial charge in [-0.15, -0.1) is 0 Å². The summed E-state index contributed by atoms with van der Waals surface area (Å²) in [5, 5.41) is 5.31. The Balaban J connectivity index is 2.45. The van der Waals surface area contributed by atoms with Crippen molar-refractivity contribution in [3.8, 4) is 0 Å². The second kappa shape index (κ2) is 6.78. The number of hydrogen-bond acceptors (Lipinski definition) is 3. The molecule has 5 nitrogen and oxygen atoms in total. The van der Waals surface area contributed by atoms with E-state index in [0.29, 0.717) is 19.4 Å². The lowest BCUT2D eigenvalue weighted by Crippen LogP contribution is -2.33. The zero-order valence-electron chi connectivity index (χ0n) is 11.5. The van der Waals surface area contributed by atoms with Crippen LogP contribution in [-0.4, -0.2) is 24.6 Å². The van der Waals surface area contributed by atoms with Crippen molar-refractivity contribution in [1.82, 2.24) is 5.32 Å². The van der Waals surface area contributed by atoms with Crippen LogP contribution in [0.1, 0.15) is 26.3 Å². The zero-order chi connectivity index (χ0) is 14.3. The maximum Gasteiger partial charge on any atom is 0.407 e. The van der Waals surface area contributed by atoms with E-state index in [2.05, 4.69) is 10.6 Å². The normalized spacial score (nSPS) is 10.7. The molecule has 0 aliphatic heterocycles. The van der Waals surface area contributed by atoms with Gasteiger partial charge in [0.15, 0.2) is 0 Å². The fourth-order valence-corrected chi connectivity index (χ4v) is 1.56. The lowest BCUT2D eigenvalue weighted by Gasteiger charge is -2.19. The van der Waals surface area contributed by atoms with Crippen molar-refractivity contribution in [3.63, 3.8) is 0 Å². The van der Waals surface area contributed by atoms with Crippen LogP contribution in [0.4, 0.5) is 10.5 Å². The van der Waals surface area contributed by atoms with Crippen molar-refractivity contribution in [2.45, 2.75) is 32.8 Å². The van der Waals surface area contributed by atoms with E-state index in [1.165, 1.54) is 0 Å². The van der Waals surface area contributed by atoms with Crippen molar-refractivity contribution < 1.29 is 14.3 Å². The van der Waals surface area contributed by atoms with Crippen LogP contribution in [0.25, 0.3) is 0 Å².